The van der Waals surface area contributed by atoms with Crippen LogP contribution in [-0.4, -0.2) is 58.5 Å². The van der Waals surface area contributed by atoms with Gasteiger partial charge in [-0.25, -0.2) is 4.79 Å². The first-order valence-corrected chi connectivity index (χ1v) is 18.1. The molecule has 2 heterocycles. The summed E-state index contributed by atoms with van der Waals surface area (Å²) in [6.45, 7) is 2.84. The second-order valence-electron chi connectivity index (χ2n) is 13.7. The predicted octanol–water partition coefficient (Wildman–Crippen LogP) is 5.84. The fourth-order valence-electron chi connectivity index (χ4n) is 6.91. The summed E-state index contributed by atoms with van der Waals surface area (Å²) < 4.78 is 23.9. The van der Waals surface area contributed by atoms with Crippen molar-refractivity contribution in [3.05, 3.63) is 92.8 Å². The average Bonchev–Trinajstić information content (AvgIpc) is 3.53. The zero-order valence-corrected chi connectivity index (χ0v) is 30.0. The largest absolute Gasteiger partial charge is 0.463 e. The van der Waals surface area contributed by atoms with Crippen LogP contribution in [0.5, 0.6) is 0 Å². The normalized spacial score (nSPS) is 17.1. The Morgan fingerprint density at radius 3 is 2.21 bits per heavy atom. The molecule has 53 heavy (non-hydrogen) atoms. The fourth-order valence-corrected chi connectivity index (χ4v) is 6.91. The highest BCUT2D eigenvalue weighted by atomic mass is 16.6. The van der Waals surface area contributed by atoms with Gasteiger partial charge in [0.15, 0.2) is 0 Å². The lowest BCUT2D eigenvalue weighted by atomic mass is 9.90. The van der Waals surface area contributed by atoms with Crippen LogP contribution in [-0.2, 0) is 51.2 Å². The summed E-state index contributed by atoms with van der Waals surface area (Å²) in [6.07, 6.45) is 2.03. The third-order valence-electron chi connectivity index (χ3n) is 9.70. The van der Waals surface area contributed by atoms with Gasteiger partial charge in [-0.3, -0.25) is 23.9 Å². The van der Waals surface area contributed by atoms with Gasteiger partial charge in [0.2, 0.25) is 0 Å². The fraction of sp³-hybridized carbons (Fsp3) is 0.415. The Balaban J connectivity index is 1.03. The molecule has 1 aromatic heterocycles. The Bertz CT molecular complexity index is 2220. The number of benzene rings is 4. The number of ether oxygens (including phenoxy) is 4. The first-order valence-electron chi connectivity index (χ1n) is 18.1. The highest BCUT2D eigenvalue weighted by Crippen LogP contribution is 2.36. The van der Waals surface area contributed by atoms with Crippen LogP contribution in [0.15, 0.2) is 70.4 Å². The lowest BCUT2D eigenvalue weighted by Gasteiger charge is -2.19. The summed E-state index contributed by atoms with van der Waals surface area (Å²) in [5, 5.41) is 7.66. The number of ketones is 2. The third-order valence-corrected chi connectivity index (χ3v) is 9.70. The number of unbranched alkanes of at least 4 members (excludes halogenated alkanes) is 2. The molecule has 0 amide bonds. The van der Waals surface area contributed by atoms with Crippen LogP contribution >= 0.6 is 0 Å². The van der Waals surface area contributed by atoms with Crippen LogP contribution in [0.2, 0.25) is 0 Å². The Morgan fingerprint density at radius 1 is 0.792 bits per heavy atom. The van der Waals surface area contributed by atoms with Crippen molar-refractivity contribution < 1.29 is 38.1 Å². The maximum atomic E-state index is 12.9. The molecular weight excluding hydrogens is 680 g/mol. The lowest BCUT2D eigenvalue weighted by Crippen LogP contribution is -2.34. The highest BCUT2D eigenvalue weighted by Gasteiger charge is 2.40. The zero-order valence-electron chi connectivity index (χ0n) is 30.0. The van der Waals surface area contributed by atoms with Gasteiger partial charge in [-0.2, -0.15) is 0 Å². The van der Waals surface area contributed by atoms with Crippen molar-refractivity contribution in [3.63, 3.8) is 0 Å². The van der Waals surface area contributed by atoms with Gasteiger partial charge in [0, 0.05) is 32.1 Å². The second-order valence-corrected chi connectivity index (χ2v) is 13.7. The van der Waals surface area contributed by atoms with E-state index in [2.05, 4.69) is 59.6 Å². The van der Waals surface area contributed by atoms with Gasteiger partial charge in [0.05, 0.1) is 25.0 Å². The highest BCUT2D eigenvalue weighted by molar-refractivity contribution is 6.23. The summed E-state index contributed by atoms with van der Waals surface area (Å²) in [5.74, 6) is -1.60. The molecule has 1 aliphatic heterocycles. The quantitative estimate of drug-likeness (QED) is 0.0660. The van der Waals surface area contributed by atoms with Gasteiger partial charge in [-0.05, 0) is 71.0 Å². The summed E-state index contributed by atoms with van der Waals surface area (Å²) in [7, 11) is 0. The molecule has 1 saturated heterocycles. The number of nitrogens with zero attached hydrogens (tertiary/aromatic N) is 1. The Morgan fingerprint density at radius 2 is 1.47 bits per heavy atom. The van der Waals surface area contributed by atoms with E-state index in [4.69, 9.17) is 18.9 Å². The first-order chi connectivity index (χ1) is 25.6. The van der Waals surface area contributed by atoms with E-state index in [1.165, 1.54) is 62.5 Å². The number of nitrogens with one attached hydrogen (secondary N) is 1. The molecule has 1 fully saturated rings. The number of hydrogen-bond acceptors (Lipinski definition) is 10. The van der Waals surface area contributed by atoms with Crippen LogP contribution in [0, 0.1) is 0 Å². The zero-order chi connectivity index (χ0) is 37.5. The summed E-state index contributed by atoms with van der Waals surface area (Å²) >= 11 is 0. The van der Waals surface area contributed by atoms with Crippen LogP contribution in [0.1, 0.15) is 82.6 Å². The van der Waals surface area contributed by atoms with Gasteiger partial charge < -0.3 is 28.5 Å². The third kappa shape index (κ3) is 9.24. The van der Waals surface area contributed by atoms with Crippen molar-refractivity contribution >= 4 is 55.8 Å². The number of esters is 2. The Kier molecular flexibility index (Phi) is 12.1. The second kappa shape index (κ2) is 17.1. The van der Waals surface area contributed by atoms with Crippen molar-refractivity contribution in [1.82, 2.24) is 9.55 Å². The number of carbonyl (C=O) groups is 4. The summed E-state index contributed by atoms with van der Waals surface area (Å²) in [5.41, 5.74) is 0.231. The Hall–Kier alpha value is -5.20. The number of aromatic nitrogens is 2. The summed E-state index contributed by atoms with van der Waals surface area (Å²) in [4.78, 5) is 75.1. The van der Waals surface area contributed by atoms with E-state index >= 15 is 0 Å². The molecule has 3 atom stereocenters. The number of carbonyl (C=O) groups excluding carboxylic acids is 4. The molecule has 5 aromatic rings. The van der Waals surface area contributed by atoms with E-state index in [0.717, 1.165) is 25.7 Å². The number of H-pyrrole nitrogens is 1. The maximum Gasteiger partial charge on any atom is 0.330 e. The van der Waals surface area contributed by atoms with E-state index in [1.54, 1.807) is 0 Å². The lowest BCUT2D eigenvalue weighted by molar-refractivity contribution is -0.159. The number of rotatable bonds is 18. The topological polar surface area (TPSA) is 160 Å². The van der Waals surface area contributed by atoms with E-state index in [-0.39, 0.29) is 62.4 Å². The average molecular weight is 725 g/mol. The molecule has 6 rings (SSSR count). The molecule has 1 N–H and O–H groups in total. The van der Waals surface area contributed by atoms with Crippen molar-refractivity contribution in [2.24, 2.45) is 0 Å². The minimum atomic E-state index is -0.954. The smallest absolute Gasteiger partial charge is 0.330 e. The number of hydrogen-bond donors (Lipinski definition) is 1. The standard InChI is InChI=1S/C41H44N2O10/c1-25(44)10-18-36(46)51-24-34-33(53-37(47)19-11-26(2)45)21-35(52-34)43-22-31(40(48)42-41(43)49)23-50-20-5-3-4-7-27-12-13-30-15-14-28-8-6-9-29-16-17-32(27)39(30)38(28)29/h6,8-9,12-17,22,33-35H,3-5,7,10-11,18-21,23-24H2,1-2H3,(H,42,48,49)/t33-,34?,35?/m0/s1. The van der Waals surface area contributed by atoms with Gasteiger partial charge in [-0.15, -0.1) is 0 Å². The molecule has 4 aromatic carbocycles. The molecule has 0 aliphatic carbocycles. The molecule has 12 nitrogen and oxygen atoms in total. The van der Waals surface area contributed by atoms with Crippen molar-refractivity contribution in [1.29, 1.82) is 0 Å². The maximum absolute atomic E-state index is 12.9. The molecule has 278 valence electrons. The first kappa shape index (κ1) is 37.6. The molecule has 0 bridgehead atoms. The molecule has 0 saturated carbocycles. The van der Waals surface area contributed by atoms with Crippen LogP contribution in [0.4, 0.5) is 0 Å². The van der Waals surface area contributed by atoms with Crippen LogP contribution in [0.3, 0.4) is 0 Å². The van der Waals surface area contributed by atoms with E-state index in [0.29, 0.717) is 6.61 Å². The van der Waals surface area contributed by atoms with Gasteiger partial charge >= 0.3 is 17.6 Å². The predicted molar refractivity (Wildman–Crippen MR) is 198 cm³/mol. The SMILES string of the molecule is CC(=O)CCC(=O)OCC1OC(n2cc(COCCCCCc3ccc4ccc5cccc6ccc3c4c56)c(=O)[nH]c2=O)C[C@@H]1OC(=O)CCC(C)=O. The summed E-state index contributed by atoms with van der Waals surface area (Å²) in [6, 6.07) is 19.6. The molecule has 2 unspecified atom stereocenters. The van der Waals surface area contributed by atoms with Crippen LogP contribution in [0.25, 0.3) is 32.3 Å². The van der Waals surface area contributed by atoms with Crippen molar-refractivity contribution in [3.8, 4) is 0 Å². The van der Waals surface area contributed by atoms with Crippen molar-refractivity contribution in [2.45, 2.75) is 96.7 Å². The number of aryl methyl sites for hydroxylation is 1. The molecule has 1 aliphatic rings. The minimum Gasteiger partial charge on any atom is -0.463 e. The van der Waals surface area contributed by atoms with E-state index < -0.39 is 41.6 Å². The van der Waals surface area contributed by atoms with Crippen molar-refractivity contribution in [2.75, 3.05) is 13.2 Å². The molecule has 0 radical (unpaired) electrons. The van der Waals surface area contributed by atoms with E-state index in [1.807, 2.05) is 0 Å². The van der Waals surface area contributed by atoms with Crippen LogP contribution < -0.4 is 11.2 Å². The van der Waals surface area contributed by atoms with Gasteiger partial charge in [-0.1, -0.05) is 61.0 Å². The van der Waals surface area contributed by atoms with E-state index in [9.17, 15) is 28.8 Å². The van der Waals surface area contributed by atoms with Gasteiger partial charge in [0.1, 0.15) is 36.6 Å². The molecule has 12 heteroatoms. The Labute approximate surface area is 305 Å². The molecule has 0 spiro atoms. The number of Topliss-reactive ketones (excluding diaryl/α,β-unsaturated/α-hetero) is 2. The number of aromatic amines is 1. The monoisotopic (exact) mass is 724 g/mol. The van der Waals surface area contributed by atoms with Gasteiger partial charge in [0.25, 0.3) is 5.56 Å². The minimum absolute atomic E-state index is 0.00455. The molecular formula is C41H44N2O10.